The third kappa shape index (κ3) is 2.52. The zero-order valence-corrected chi connectivity index (χ0v) is 9.91. The fourth-order valence-electron chi connectivity index (χ4n) is 1.99. The molecule has 1 aliphatic rings. The molecule has 0 aromatic carbocycles. The maximum Gasteiger partial charge on any atom is 0.138 e. The molecular formula is C10H18N4S. The number of aryl methyl sites for hydroxylation is 1. The first-order valence-corrected chi connectivity index (χ1v) is 6.60. The lowest BCUT2D eigenvalue weighted by molar-refractivity contribution is 0.548. The Morgan fingerprint density at radius 2 is 2.60 bits per heavy atom. The first kappa shape index (κ1) is 11.0. The Kier molecular flexibility index (Phi) is 3.64. The van der Waals surface area contributed by atoms with Gasteiger partial charge >= 0.3 is 0 Å². The second-order valence-corrected chi connectivity index (χ2v) is 5.26. The van der Waals surface area contributed by atoms with E-state index in [2.05, 4.69) is 17.0 Å². The quantitative estimate of drug-likeness (QED) is 0.834. The first-order valence-electron chi connectivity index (χ1n) is 5.55. The van der Waals surface area contributed by atoms with Crippen LogP contribution in [0.2, 0.25) is 0 Å². The summed E-state index contributed by atoms with van der Waals surface area (Å²) in [7, 11) is 0. The topological polar surface area (TPSA) is 56.7 Å². The molecule has 84 valence electrons. The van der Waals surface area contributed by atoms with E-state index in [0.717, 1.165) is 18.8 Å². The molecule has 2 unspecified atom stereocenters. The van der Waals surface area contributed by atoms with Crippen LogP contribution >= 0.6 is 11.8 Å². The maximum atomic E-state index is 6.19. The molecule has 0 saturated carbocycles. The molecule has 0 aliphatic carbocycles. The molecule has 1 fully saturated rings. The van der Waals surface area contributed by atoms with Crippen molar-refractivity contribution >= 4 is 11.8 Å². The highest BCUT2D eigenvalue weighted by atomic mass is 32.2. The van der Waals surface area contributed by atoms with Crippen molar-refractivity contribution in [1.29, 1.82) is 0 Å². The highest BCUT2D eigenvalue weighted by Gasteiger charge is 2.23. The van der Waals surface area contributed by atoms with Gasteiger partial charge < -0.3 is 5.73 Å². The minimum atomic E-state index is 0.229. The molecule has 5 heteroatoms. The maximum absolute atomic E-state index is 6.19. The van der Waals surface area contributed by atoms with Gasteiger partial charge in [0.2, 0.25) is 0 Å². The zero-order valence-electron chi connectivity index (χ0n) is 9.09. The molecule has 2 heterocycles. The Bertz CT molecular complexity index is 306. The van der Waals surface area contributed by atoms with E-state index in [0.29, 0.717) is 5.25 Å². The van der Waals surface area contributed by atoms with E-state index in [-0.39, 0.29) is 6.04 Å². The van der Waals surface area contributed by atoms with Crippen molar-refractivity contribution in [2.45, 2.75) is 44.0 Å². The van der Waals surface area contributed by atoms with Gasteiger partial charge in [0.1, 0.15) is 12.2 Å². The lowest BCUT2D eigenvalue weighted by atomic mass is 10.1. The van der Waals surface area contributed by atoms with Gasteiger partial charge in [-0.1, -0.05) is 0 Å². The van der Waals surface area contributed by atoms with Crippen molar-refractivity contribution < 1.29 is 0 Å². The van der Waals surface area contributed by atoms with E-state index in [4.69, 9.17) is 5.73 Å². The Morgan fingerprint density at radius 1 is 1.73 bits per heavy atom. The average Bonchev–Trinajstić information content (AvgIpc) is 2.87. The van der Waals surface area contributed by atoms with Gasteiger partial charge in [-0.2, -0.15) is 16.9 Å². The Morgan fingerprint density at radius 3 is 3.27 bits per heavy atom. The summed E-state index contributed by atoms with van der Waals surface area (Å²) >= 11 is 2.00. The minimum absolute atomic E-state index is 0.229. The van der Waals surface area contributed by atoms with E-state index in [9.17, 15) is 0 Å². The third-order valence-corrected chi connectivity index (χ3v) is 4.39. The summed E-state index contributed by atoms with van der Waals surface area (Å²) in [6.45, 7) is 2.95. The number of hydrogen-bond acceptors (Lipinski definition) is 4. The van der Waals surface area contributed by atoms with Crippen LogP contribution < -0.4 is 5.73 Å². The monoisotopic (exact) mass is 226 g/mol. The average molecular weight is 226 g/mol. The first-order chi connectivity index (χ1) is 7.31. The smallest absolute Gasteiger partial charge is 0.138 e. The summed E-state index contributed by atoms with van der Waals surface area (Å²) in [5, 5.41) is 4.78. The number of hydrogen-bond donors (Lipinski definition) is 1. The highest BCUT2D eigenvalue weighted by Crippen LogP contribution is 2.28. The number of nitrogens with zero attached hydrogens (tertiary/aromatic N) is 3. The number of rotatable bonds is 4. The predicted octanol–water partition coefficient (Wildman–Crippen LogP) is 1.06. The van der Waals surface area contributed by atoms with Crippen molar-refractivity contribution in [2.24, 2.45) is 5.73 Å². The number of nitrogens with two attached hydrogens (primary N) is 1. The van der Waals surface area contributed by atoms with Crippen LogP contribution in [0.4, 0.5) is 0 Å². The van der Waals surface area contributed by atoms with Crippen LogP contribution in [0.25, 0.3) is 0 Å². The zero-order chi connectivity index (χ0) is 10.7. The summed E-state index contributed by atoms with van der Waals surface area (Å²) in [6.07, 6.45) is 5.04. The number of thioether (sulfide) groups is 1. The molecule has 0 radical (unpaired) electrons. The van der Waals surface area contributed by atoms with Gasteiger partial charge in [0.25, 0.3) is 0 Å². The molecule has 15 heavy (non-hydrogen) atoms. The van der Waals surface area contributed by atoms with E-state index in [1.807, 2.05) is 16.4 Å². The van der Waals surface area contributed by atoms with Crippen LogP contribution in [0.3, 0.4) is 0 Å². The molecular weight excluding hydrogens is 208 g/mol. The van der Waals surface area contributed by atoms with E-state index >= 15 is 0 Å². The van der Waals surface area contributed by atoms with Gasteiger partial charge in [0, 0.05) is 24.3 Å². The van der Waals surface area contributed by atoms with Crippen molar-refractivity contribution in [3.63, 3.8) is 0 Å². The Labute approximate surface area is 94.6 Å². The fourth-order valence-corrected chi connectivity index (χ4v) is 3.31. The SMILES string of the molecule is CCn1ncnc1CC(N)C1CCCS1. The predicted molar refractivity (Wildman–Crippen MR) is 62.9 cm³/mol. The van der Waals surface area contributed by atoms with Gasteiger partial charge in [-0.15, -0.1) is 0 Å². The summed E-state index contributed by atoms with van der Waals surface area (Å²) in [4.78, 5) is 4.26. The molecule has 1 aromatic rings. The molecule has 2 N–H and O–H groups in total. The molecule has 0 bridgehead atoms. The second-order valence-electron chi connectivity index (χ2n) is 3.91. The van der Waals surface area contributed by atoms with Crippen LogP contribution in [-0.2, 0) is 13.0 Å². The fraction of sp³-hybridized carbons (Fsp3) is 0.800. The van der Waals surface area contributed by atoms with Crippen LogP contribution in [0.15, 0.2) is 6.33 Å². The Hall–Kier alpha value is -0.550. The summed E-state index contributed by atoms with van der Waals surface area (Å²) in [5.74, 6) is 2.29. The van der Waals surface area contributed by atoms with Crippen LogP contribution in [0.5, 0.6) is 0 Å². The molecule has 1 aliphatic heterocycles. The summed E-state index contributed by atoms with van der Waals surface area (Å²) in [6, 6.07) is 0.229. The Balaban J connectivity index is 1.95. The molecule has 1 saturated heterocycles. The largest absolute Gasteiger partial charge is 0.326 e. The van der Waals surface area contributed by atoms with Gasteiger partial charge in [0.15, 0.2) is 0 Å². The molecule has 0 amide bonds. The van der Waals surface area contributed by atoms with Crippen LogP contribution in [0, 0.1) is 0 Å². The molecule has 0 spiro atoms. The highest BCUT2D eigenvalue weighted by molar-refractivity contribution is 8.00. The van der Waals surface area contributed by atoms with Crippen molar-refractivity contribution in [2.75, 3.05) is 5.75 Å². The van der Waals surface area contributed by atoms with Crippen LogP contribution in [-0.4, -0.2) is 31.8 Å². The van der Waals surface area contributed by atoms with Gasteiger partial charge in [-0.25, -0.2) is 4.98 Å². The van der Waals surface area contributed by atoms with Gasteiger partial charge in [-0.05, 0) is 25.5 Å². The summed E-state index contributed by atoms with van der Waals surface area (Å²) in [5.41, 5.74) is 6.19. The standard InChI is InChI=1S/C10H18N4S/c1-2-14-10(12-7-13-14)6-8(11)9-4-3-5-15-9/h7-9H,2-6,11H2,1H3. The van der Waals surface area contributed by atoms with Gasteiger partial charge in [0.05, 0.1) is 0 Å². The molecule has 2 atom stereocenters. The van der Waals surface area contributed by atoms with Crippen molar-refractivity contribution in [3.05, 3.63) is 12.2 Å². The second kappa shape index (κ2) is 4.99. The van der Waals surface area contributed by atoms with Crippen molar-refractivity contribution in [3.8, 4) is 0 Å². The minimum Gasteiger partial charge on any atom is -0.326 e. The molecule has 4 nitrogen and oxygen atoms in total. The normalized spacial score (nSPS) is 23.2. The lowest BCUT2D eigenvalue weighted by Gasteiger charge is -2.17. The lowest BCUT2D eigenvalue weighted by Crippen LogP contribution is -2.34. The van der Waals surface area contributed by atoms with E-state index < -0.39 is 0 Å². The van der Waals surface area contributed by atoms with Crippen LogP contribution in [0.1, 0.15) is 25.6 Å². The molecule has 2 rings (SSSR count). The summed E-state index contributed by atoms with van der Waals surface area (Å²) < 4.78 is 1.93. The van der Waals surface area contributed by atoms with Crippen molar-refractivity contribution in [1.82, 2.24) is 14.8 Å². The third-order valence-electron chi connectivity index (χ3n) is 2.86. The van der Waals surface area contributed by atoms with E-state index in [1.54, 1.807) is 6.33 Å². The number of aromatic nitrogens is 3. The van der Waals surface area contributed by atoms with E-state index in [1.165, 1.54) is 18.6 Å². The van der Waals surface area contributed by atoms with Gasteiger partial charge in [-0.3, -0.25) is 4.68 Å². The molecule has 1 aromatic heterocycles.